The van der Waals surface area contributed by atoms with E-state index in [2.05, 4.69) is 12.2 Å². The van der Waals surface area contributed by atoms with Crippen LogP contribution in [0.3, 0.4) is 0 Å². The third-order valence-corrected chi connectivity index (χ3v) is 8.84. The van der Waals surface area contributed by atoms with Gasteiger partial charge >= 0.3 is 11.1 Å². The Bertz CT molecular complexity index is 1270. The molecule has 2 heterocycles. The third kappa shape index (κ3) is 3.90. The number of aryl methyl sites for hydroxylation is 2. The Morgan fingerprint density at radius 1 is 0.969 bits per heavy atom. The van der Waals surface area contributed by atoms with Gasteiger partial charge in [0.1, 0.15) is 6.04 Å². The van der Waals surface area contributed by atoms with E-state index in [1.807, 2.05) is 0 Å². The maximum atomic E-state index is 13.5. The highest BCUT2D eigenvalue weighted by molar-refractivity contribution is 7.89. The fourth-order valence-corrected chi connectivity index (χ4v) is 6.53. The average molecular weight is 463 g/mol. The monoisotopic (exact) mass is 462 g/mol. The van der Waals surface area contributed by atoms with E-state index in [0.717, 1.165) is 30.3 Å². The standard InChI is InChI=1S/C22H30N4O5S/c1-14-6-8-15(9-7-14)23-20(27)18-5-4-12-26(18)32(30,31)16-10-11-17-19(13-16)25(3)22(29)21(28)24(17)2/h10-11,13-15,18H,4-9,12H2,1-3H3,(H,23,27). The Morgan fingerprint density at radius 2 is 1.59 bits per heavy atom. The van der Waals surface area contributed by atoms with Crippen LogP contribution in [-0.4, -0.2) is 46.4 Å². The molecule has 2 fully saturated rings. The summed E-state index contributed by atoms with van der Waals surface area (Å²) in [5.41, 5.74) is -0.605. The predicted molar refractivity (Wildman–Crippen MR) is 121 cm³/mol. The molecule has 9 nitrogen and oxygen atoms in total. The maximum Gasteiger partial charge on any atom is 0.316 e. The van der Waals surface area contributed by atoms with Gasteiger partial charge in [0.25, 0.3) is 0 Å². The summed E-state index contributed by atoms with van der Waals surface area (Å²) < 4.78 is 30.6. The minimum Gasteiger partial charge on any atom is -0.352 e. The van der Waals surface area contributed by atoms with E-state index in [9.17, 15) is 22.8 Å². The number of carbonyl (C=O) groups is 1. The minimum atomic E-state index is -3.96. The molecule has 1 aromatic carbocycles. The molecule has 2 aliphatic rings. The lowest BCUT2D eigenvalue weighted by molar-refractivity contribution is -0.125. The van der Waals surface area contributed by atoms with Crippen LogP contribution in [0, 0.1) is 5.92 Å². The van der Waals surface area contributed by atoms with Crippen LogP contribution in [0.2, 0.25) is 0 Å². The quantitative estimate of drug-likeness (QED) is 0.684. The first-order valence-corrected chi connectivity index (χ1v) is 12.6. The maximum absolute atomic E-state index is 13.5. The number of hydrogen-bond acceptors (Lipinski definition) is 5. The first-order chi connectivity index (χ1) is 15.1. The fraction of sp³-hybridized carbons (Fsp3) is 0.591. The Hall–Kier alpha value is -2.46. The van der Waals surface area contributed by atoms with Gasteiger partial charge < -0.3 is 14.5 Å². The zero-order chi connectivity index (χ0) is 23.2. The van der Waals surface area contributed by atoms with Crippen LogP contribution in [0.1, 0.15) is 45.4 Å². The molecule has 32 heavy (non-hydrogen) atoms. The Balaban J connectivity index is 1.63. The molecule has 1 unspecified atom stereocenters. The lowest BCUT2D eigenvalue weighted by Crippen LogP contribution is -2.49. The van der Waals surface area contributed by atoms with Crippen LogP contribution in [0.15, 0.2) is 32.7 Å². The summed E-state index contributed by atoms with van der Waals surface area (Å²) in [7, 11) is -1.03. The third-order valence-electron chi connectivity index (χ3n) is 6.94. The number of benzene rings is 1. The molecular formula is C22H30N4O5S. The normalized spacial score (nSPS) is 24.7. The number of nitrogens with one attached hydrogen (secondary N) is 1. The zero-order valence-corrected chi connectivity index (χ0v) is 19.5. The first-order valence-electron chi connectivity index (χ1n) is 11.1. The summed E-state index contributed by atoms with van der Waals surface area (Å²) in [6, 6.07) is 3.72. The van der Waals surface area contributed by atoms with Crippen molar-refractivity contribution in [2.24, 2.45) is 20.0 Å². The van der Waals surface area contributed by atoms with Gasteiger partial charge in [0, 0.05) is 26.7 Å². The van der Waals surface area contributed by atoms with Crippen LogP contribution in [0.4, 0.5) is 0 Å². The molecule has 1 saturated carbocycles. The van der Waals surface area contributed by atoms with Crippen LogP contribution < -0.4 is 16.4 Å². The van der Waals surface area contributed by atoms with Gasteiger partial charge in [-0.25, -0.2) is 8.42 Å². The number of hydrogen-bond donors (Lipinski definition) is 1. The topological polar surface area (TPSA) is 110 Å². The van der Waals surface area contributed by atoms with E-state index in [1.165, 1.54) is 41.2 Å². The van der Waals surface area contributed by atoms with Gasteiger partial charge in [-0.3, -0.25) is 14.4 Å². The molecule has 1 saturated heterocycles. The van der Waals surface area contributed by atoms with Crippen molar-refractivity contribution in [1.29, 1.82) is 0 Å². The van der Waals surface area contributed by atoms with Crippen LogP contribution in [-0.2, 0) is 28.9 Å². The van der Waals surface area contributed by atoms with Gasteiger partial charge in [0.15, 0.2) is 0 Å². The number of sulfonamides is 1. The smallest absolute Gasteiger partial charge is 0.316 e. The van der Waals surface area contributed by atoms with Gasteiger partial charge in [-0.1, -0.05) is 6.92 Å². The van der Waals surface area contributed by atoms with E-state index < -0.39 is 27.2 Å². The van der Waals surface area contributed by atoms with Gasteiger partial charge in [-0.05, 0) is 62.6 Å². The minimum absolute atomic E-state index is 0.00448. The van der Waals surface area contributed by atoms with E-state index >= 15 is 0 Å². The van der Waals surface area contributed by atoms with Crippen molar-refractivity contribution in [3.63, 3.8) is 0 Å². The predicted octanol–water partition coefficient (Wildman–Crippen LogP) is 1.09. The van der Waals surface area contributed by atoms with Crippen molar-refractivity contribution in [3.8, 4) is 0 Å². The van der Waals surface area contributed by atoms with E-state index in [-0.39, 0.29) is 23.4 Å². The van der Waals surface area contributed by atoms with Crippen molar-refractivity contribution in [2.45, 2.75) is 62.4 Å². The van der Waals surface area contributed by atoms with Crippen LogP contribution in [0.5, 0.6) is 0 Å². The molecule has 1 atom stereocenters. The number of rotatable bonds is 4. The molecule has 2 aromatic rings. The van der Waals surface area contributed by atoms with Gasteiger partial charge in [0.05, 0.1) is 15.9 Å². The van der Waals surface area contributed by atoms with Crippen molar-refractivity contribution in [2.75, 3.05) is 6.54 Å². The summed E-state index contributed by atoms with van der Waals surface area (Å²) in [5.74, 6) is 0.427. The molecule has 10 heteroatoms. The molecule has 1 aliphatic carbocycles. The molecule has 0 radical (unpaired) electrons. The summed E-state index contributed by atoms with van der Waals surface area (Å²) >= 11 is 0. The molecule has 1 N–H and O–H groups in total. The summed E-state index contributed by atoms with van der Waals surface area (Å²) in [5, 5.41) is 3.07. The highest BCUT2D eigenvalue weighted by Crippen LogP contribution is 2.29. The molecule has 1 aromatic heterocycles. The van der Waals surface area contributed by atoms with Gasteiger partial charge in [0.2, 0.25) is 15.9 Å². The van der Waals surface area contributed by atoms with Gasteiger partial charge in [-0.2, -0.15) is 4.31 Å². The Kier molecular flexibility index (Phi) is 6.02. The number of aromatic nitrogens is 2. The number of nitrogens with zero attached hydrogens (tertiary/aromatic N) is 3. The lowest BCUT2D eigenvalue weighted by Gasteiger charge is -2.30. The number of fused-ring (bicyclic) bond motifs is 1. The average Bonchev–Trinajstić information content (AvgIpc) is 3.28. The van der Waals surface area contributed by atoms with Crippen LogP contribution in [0.25, 0.3) is 11.0 Å². The highest BCUT2D eigenvalue weighted by Gasteiger charge is 2.40. The van der Waals surface area contributed by atoms with Crippen molar-refractivity contribution < 1.29 is 13.2 Å². The van der Waals surface area contributed by atoms with E-state index in [0.29, 0.717) is 29.8 Å². The molecular weight excluding hydrogens is 432 g/mol. The lowest BCUT2D eigenvalue weighted by atomic mass is 9.87. The second-order valence-corrected chi connectivity index (χ2v) is 11.0. The second kappa shape index (κ2) is 8.47. The molecule has 1 aliphatic heterocycles. The van der Waals surface area contributed by atoms with E-state index in [4.69, 9.17) is 0 Å². The van der Waals surface area contributed by atoms with Crippen molar-refractivity contribution >= 4 is 27.0 Å². The number of amides is 1. The zero-order valence-electron chi connectivity index (χ0n) is 18.7. The molecule has 0 spiro atoms. The Morgan fingerprint density at radius 3 is 2.25 bits per heavy atom. The second-order valence-electron chi connectivity index (χ2n) is 9.12. The molecule has 0 bridgehead atoms. The summed E-state index contributed by atoms with van der Waals surface area (Å²) in [6.07, 6.45) is 5.06. The summed E-state index contributed by atoms with van der Waals surface area (Å²) in [4.78, 5) is 37.2. The summed E-state index contributed by atoms with van der Waals surface area (Å²) in [6.45, 7) is 2.48. The Labute approximate surface area is 187 Å². The van der Waals surface area contributed by atoms with Crippen LogP contribution >= 0.6 is 0 Å². The van der Waals surface area contributed by atoms with E-state index in [1.54, 1.807) is 0 Å². The highest BCUT2D eigenvalue weighted by atomic mass is 32.2. The van der Waals surface area contributed by atoms with Gasteiger partial charge in [-0.15, -0.1) is 0 Å². The molecule has 1 amide bonds. The molecule has 174 valence electrons. The number of carbonyl (C=O) groups excluding carboxylic acids is 1. The van der Waals surface area contributed by atoms with Crippen molar-refractivity contribution in [1.82, 2.24) is 18.8 Å². The fourth-order valence-electron chi connectivity index (χ4n) is 4.85. The van der Waals surface area contributed by atoms with Crippen molar-refractivity contribution in [3.05, 3.63) is 38.9 Å². The largest absolute Gasteiger partial charge is 0.352 e. The first kappa shape index (κ1) is 22.7. The molecule has 4 rings (SSSR count). The SMILES string of the molecule is CC1CCC(NC(=O)C2CCCN2S(=O)(=O)c2ccc3c(c2)n(C)c(=O)c(=O)n3C)CC1.